The number of nitrogens with one attached hydrogen (secondary N) is 1. The zero-order chi connectivity index (χ0) is 24.9. The number of hydrogen-bond donors (Lipinski definition) is 1. The number of amides is 2. The predicted molar refractivity (Wildman–Crippen MR) is 134 cm³/mol. The fourth-order valence-corrected chi connectivity index (χ4v) is 5.09. The summed E-state index contributed by atoms with van der Waals surface area (Å²) in [5.41, 5.74) is 1.89. The van der Waals surface area contributed by atoms with E-state index in [2.05, 4.69) is 5.32 Å². The van der Waals surface area contributed by atoms with E-state index in [0.717, 1.165) is 26.2 Å². The average Bonchev–Trinajstić information content (AvgIpc) is 2.84. The van der Waals surface area contributed by atoms with Crippen LogP contribution in [0.5, 0.6) is 0 Å². The lowest BCUT2D eigenvalue weighted by atomic mass is 10.1. The molecule has 2 amide bonds. The predicted octanol–water partition coefficient (Wildman–Crippen LogP) is 3.32. The third-order valence-corrected chi connectivity index (χ3v) is 7.82. The van der Waals surface area contributed by atoms with E-state index in [0.29, 0.717) is 6.42 Å². The Morgan fingerprint density at radius 1 is 0.971 bits per heavy atom. The molecule has 34 heavy (non-hydrogen) atoms. The van der Waals surface area contributed by atoms with Crippen LogP contribution in [0.2, 0.25) is 0 Å². The topological polar surface area (TPSA) is 86.8 Å². The summed E-state index contributed by atoms with van der Waals surface area (Å²) in [7, 11) is -1.00. The minimum absolute atomic E-state index is 0.116. The molecule has 0 saturated heterocycles. The largest absolute Gasteiger partial charge is 0.357 e. The Labute approximate surface area is 201 Å². The zero-order valence-electron chi connectivity index (χ0n) is 20.0. The smallest absolute Gasteiger partial charge is 0.243 e. The molecule has 8 heteroatoms. The summed E-state index contributed by atoms with van der Waals surface area (Å²) in [5, 5.41) is 4.35. The Bertz CT molecular complexity index is 1290. The van der Waals surface area contributed by atoms with Crippen molar-refractivity contribution in [1.29, 1.82) is 0 Å². The van der Waals surface area contributed by atoms with Crippen molar-refractivity contribution >= 4 is 32.6 Å². The SMILES string of the molecule is CC[C@@H](C(=O)NC)N(Cc1ccccc1C)C(=O)CN(C)S(=O)(=O)c1ccc2ccccc2c1. The summed E-state index contributed by atoms with van der Waals surface area (Å²) in [4.78, 5) is 27.6. The summed E-state index contributed by atoms with van der Waals surface area (Å²) in [5.74, 6) is -0.727. The van der Waals surface area contributed by atoms with E-state index in [4.69, 9.17) is 0 Å². The summed E-state index contributed by atoms with van der Waals surface area (Å²) >= 11 is 0. The van der Waals surface area contributed by atoms with E-state index in [9.17, 15) is 18.0 Å². The van der Waals surface area contributed by atoms with Gasteiger partial charge < -0.3 is 10.2 Å². The molecule has 0 aliphatic heterocycles. The number of nitrogens with zero attached hydrogens (tertiary/aromatic N) is 2. The van der Waals surface area contributed by atoms with Crippen LogP contribution >= 0.6 is 0 Å². The van der Waals surface area contributed by atoms with Crippen molar-refractivity contribution < 1.29 is 18.0 Å². The van der Waals surface area contributed by atoms with Gasteiger partial charge in [0, 0.05) is 20.6 Å². The highest BCUT2D eigenvalue weighted by Crippen LogP contribution is 2.22. The van der Waals surface area contributed by atoms with Crippen molar-refractivity contribution in [3.8, 4) is 0 Å². The van der Waals surface area contributed by atoms with Crippen LogP contribution in [0.4, 0.5) is 0 Å². The Hall–Kier alpha value is -3.23. The highest BCUT2D eigenvalue weighted by atomic mass is 32.2. The van der Waals surface area contributed by atoms with Crippen molar-refractivity contribution in [1.82, 2.24) is 14.5 Å². The molecule has 0 fully saturated rings. The molecule has 180 valence electrons. The number of sulfonamides is 1. The van der Waals surface area contributed by atoms with Crippen molar-refractivity contribution in [2.45, 2.75) is 37.8 Å². The molecule has 0 aliphatic rings. The molecule has 1 N–H and O–H groups in total. The number of aryl methyl sites for hydroxylation is 1. The maximum Gasteiger partial charge on any atom is 0.243 e. The Morgan fingerprint density at radius 2 is 1.62 bits per heavy atom. The van der Waals surface area contributed by atoms with Gasteiger partial charge in [-0.2, -0.15) is 4.31 Å². The molecule has 3 aromatic carbocycles. The van der Waals surface area contributed by atoms with Crippen LogP contribution in [0.3, 0.4) is 0 Å². The van der Waals surface area contributed by atoms with Gasteiger partial charge in [-0.15, -0.1) is 0 Å². The molecule has 0 unspecified atom stereocenters. The van der Waals surface area contributed by atoms with Gasteiger partial charge in [0.05, 0.1) is 11.4 Å². The second-order valence-electron chi connectivity index (χ2n) is 8.26. The fraction of sp³-hybridized carbons (Fsp3) is 0.308. The van der Waals surface area contributed by atoms with E-state index in [1.807, 2.05) is 62.4 Å². The van der Waals surface area contributed by atoms with Crippen molar-refractivity contribution in [2.24, 2.45) is 0 Å². The van der Waals surface area contributed by atoms with Crippen LogP contribution in [-0.4, -0.2) is 56.1 Å². The number of hydrogen-bond acceptors (Lipinski definition) is 4. The molecular formula is C26H31N3O4S. The summed E-state index contributed by atoms with van der Waals surface area (Å²) < 4.78 is 27.5. The minimum Gasteiger partial charge on any atom is -0.357 e. The van der Waals surface area contributed by atoms with Gasteiger partial charge in [-0.05, 0) is 47.4 Å². The zero-order valence-corrected chi connectivity index (χ0v) is 20.8. The highest BCUT2D eigenvalue weighted by molar-refractivity contribution is 7.89. The lowest BCUT2D eigenvalue weighted by molar-refractivity contribution is -0.141. The quantitative estimate of drug-likeness (QED) is 0.508. The molecule has 0 saturated carbocycles. The normalized spacial score (nSPS) is 12.5. The Kier molecular flexibility index (Phi) is 8.06. The number of fused-ring (bicyclic) bond motifs is 1. The third kappa shape index (κ3) is 5.46. The second kappa shape index (κ2) is 10.8. The molecule has 0 radical (unpaired) electrons. The third-order valence-electron chi connectivity index (χ3n) is 6.02. The first-order valence-electron chi connectivity index (χ1n) is 11.2. The molecule has 0 heterocycles. The van der Waals surface area contributed by atoms with Crippen LogP contribution in [0.25, 0.3) is 10.8 Å². The lowest BCUT2D eigenvalue weighted by Gasteiger charge is -2.32. The minimum atomic E-state index is -3.91. The number of carbonyl (C=O) groups excluding carboxylic acids is 2. The monoisotopic (exact) mass is 481 g/mol. The number of carbonyl (C=O) groups is 2. The van der Waals surface area contributed by atoms with Gasteiger partial charge in [0.15, 0.2) is 0 Å². The first kappa shape index (κ1) is 25.4. The van der Waals surface area contributed by atoms with Gasteiger partial charge in [0.2, 0.25) is 21.8 Å². The van der Waals surface area contributed by atoms with Crippen LogP contribution in [0.1, 0.15) is 24.5 Å². The maximum absolute atomic E-state index is 13.4. The molecular weight excluding hydrogens is 450 g/mol. The summed E-state index contributed by atoms with van der Waals surface area (Å²) in [6, 6.07) is 19.3. The van der Waals surface area contributed by atoms with Gasteiger partial charge in [-0.3, -0.25) is 9.59 Å². The lowest BCUT2D eigenvalue weighted by Crippen LogP contribution is -2.51. The average molecular weight is 482 g/mol. The Balaban J connectivity index is 1.89. The molecule has 3 rings (SSSR count). The number of rotatable bonds is 9. The van der Waals surface area contributed by atoms with Gasteiger partial charge in [-0.1, -0.05) is 61.5 Å². The number of benzene rings is 3. The van der Waals surface area contributed by atoms with E-state index in [1.165, 1.54) is 19.0 Å². The fourth-order valence-electron chi connectivity index (χ4n) is 3.93. The summed E-state index contributed by atoms with van der Waals surface area (Å²) in [6.07, 6.45) is 0.401. The van der Waals surface area contributed by atoms with Crippen LogP contribution in [-0.2, 0) is 26.2 Å². The first-order valence-corrected chi connectivity index (χ1v) is 12.6. The first-order chi connectivity index (χ1) is 16.2. The van der Waals surface area contributed by atoms with Crippen LogP contribution < -0.4 is 5.32 Å². The van der Waals surface area contributed by atoms with Crippen LogP contribution in [0, 0.1) is 6.92 Å². The molecule has 0 aliphatic carbocycles. The van der Waals surface area contributed by atoms with Crippen molar-refractivity contribution in [3.05, 3.63) is 77.9 Å². The maximum atomic E-state index is 13.4. The molecule has 3 aromatic rings. The molecule has 0 aromatic heterocycles. The van der Waals surface area contributed by atoms with Crippen LogP contribution in [0.15, 0.2) is 71.6 Å². The van der Waals surface area contributed by atoms with Crippen molar-refractivity contribution in [3.63, 3.8) is 0 Å². The van der Waals surface area contributed by atoms with Gasteiger partial charge in [0.25, 0.3) is 0 Å². The molecule has 0 bridgehead atoms. The highest BCUT2D eigenvalue weighted by Gasteiger charge is 2.31. The van der Waals surface area contributed by atoms with E-state index in [-0.39, 0.29) is 23.9 Å². The standard InChI is InChI=1S/C26H31N3O4S/c1-5-24(26(31)27-3)29(17-22-13-7-6-10-19(22)2)25(30)18-28(4)34(32,33)23-15-14-20-11-8-9-12-21(20)16-23/h6-16,24H,5,17-18H2,1-4H3,(H,27,31)/t24-/m0/s1. The van der Waals surface area contributed by atoms with Crippen molar-refractivity contribution in [2.75, 3.05) is 20.6 Å². The summed E-state index contributed by atoms with van der Waals surface area (Å²) in [6.45, 7) is 3.60. The molecule has 1 atom stereocenters. The second-order valence-corrected chi connectivity index (χ2v) is 10.3. The number of likely N-dealkylation sites (N-methyl/N-ethyl adjacent to an activating group) is 2. The van der Waals surface area contributed by atoms with E-state index in [1.54, 1.807) is 18.2 Å². The molecule has 0 spiro atoms. The van der Waals surface area contributed by atoms with E-state index < -0.39 is 22.0 Å². The van der Waals surface area contributed by atoms with Gasteiger partial charge in [-0.25, -0.2) is 8.42 Å². The Morgan fingerprint density at radius 3 is 2.26 bits per heavy atom. The van der Waals surface area contributed by atoms with Gasteiger partial charge >= 0.3 is 0 Å². The van der Waals surface area contributed by atoms with E-state index >= 15 is 0 Å². The van der Waals surface area contributed by atoms with Gasteiger partial charge in [0.1, 0.15) is 6.04 Å². The molecule has 7 nitrogen and oxygen atoms in total.